The minimum Gasteiger partial charge on any atom is -0.356 e. The summed E-state index contributed by atoms with van der Waals surface area (Å²) in [4.78, 5) is 24.2. The van der Waals surface area contributed by atoms with Crippen LogP contribution in [0, 0.1) is 0 Å². The van der Waals surface area contributed by atoms with Gasteiger partial charge in [0.2, 0.25) is 0 Å². The number of nitrogens with one attached hydrogen (secondary N) is 1. The molecule has 1 saturated heterocycles. The number of rotatable bonds is 7. The second-order valence-corrected chi connectivity index (χ2v) is 8.96. The Morgan fingerprint density at radius 2 is 1.93 bits per heavy atom. The second kappa shape index (κ2) is 8.82. The van der Waals surface area contributed by atoms with E-state index in [1.54, 1.807) is 11.8 Å². The number of amides is 1. The number of carbonyl (C=O) groups excluding carboxylic acids is 1. The third-order valence-electron chi connectivity index (χ3n) is 4.85. The highest BCUT2D eigenvalue weighted by Crippen LogP contribution is 2.30. The highest BCUT2D eigenvalue weighted by atomic mass is 32.2. The van der Waals surface area contributed by atoms with Gasteiger partial charge in [0.05, 0.1) is 18.1 Å². The van der Waals surface area contributed by atoms with Gasteiger partial charge in [0.1, 0.15) is 5.82 Å². The maximum absolute atomic E-state index is 12.3. The van der Waals surface area contributed by atoms with Gasteiger partial charge in [-0.15, -0.1) is 0 Å². The molecule has 3 aromatic rings. The molecule has 0 spiro atoms. The molecule has 3 heterocycles. The van der Waals surface area contributed by atoms with E-state index in [1.807, 2.05) is 41.2 Å². The molecule has 0 bridgehead atoms. The summed E-state index contributed by atoms with van der Waals surface area (Å²) in [7, 11) is 0. The van der Waals surface area contributed by atoms with Gasteiger partial charge in [-0.2, -0.15) is 5.10 Å². The smallest absolute Gasteiger partial charge is 0.251 e. The topological polar surface area (TPSA) is 75.9 Å². The number of aromatic nitrogens is 4. The van der Waals surface area contributed by atoms with Crippen LogP contribution in [-0.2, 0) is 6.54 Å². The van der Waals surface area contributed by atoms with Crippen molar-refractivity contribution in [2.45, 2.75) is 43.6 Å². The first-order valence-corrected chi connectivity index (χ1v) is 11.0. The molecule has 1 N–H and O–H groups in total. The molecule has 2 aromatic heterocycles. The van der Waals surface area contributed by atoms with Crippen LogP contribution in [0.3, 0.4) is 0 Å². The molecule has 1 amide bonds. The van der Waals surface area contributed by atoms with Crippen LogP contribution in [0.1, 0.15) is 37.0 Å². The Hall–Kier alpha value is -2.61. The number of hydrogen-bond acceptors (Lipinski definition) is 6. The first kappa shape index (κ1) is 19.7. The van der Waals surface area contributed by atoms with Crippen molar-refractivity contribution in [3.05, 3.63) is 42.1 Å². The van der Waals surface area contributed by atoms with Crippen molar-refractivity contribution in [1.82, 2.24) is 25.1 Å². The van der Waals surface area contributed by atoms with E-state index in [9.17, 15) is 4.79 Å². The molecule has 1 aliphatic rings. The minimum absolute atomic E-state index is 0.0782. The summed E-state index contributed by atoms with van der Waals surface area (Å²) in [6, 6.07) is 9.24. The highest BCUT2D eigenvalue weighted by molar-refractivity contribution is 7.99. The summed E-state index contributed by atoms with van der Waals surface area (Å²) < 4.78 is 1.87. The minimum atomic E-state index is -0.0782. The Balaban J connectivity index is 1.54. The van der Waals surface area contributed by atoms with Gasteiger partial charge in [-0.05, 0) is 25.0 Å². The van der Waals surface area contributed by atoms with E-state index in [1.165, 1.54) is 12.8 Å². The maximum Gasteiger partial charge on any atom is 0.251 e. The number of anilines is 1. The Labute approximate surface area is 174 Å². The van der Waals surface area contributed by atoms with E-state index in [0.717, 1.165) is 35.1 Å². The largest absolute Gasteiger partial charge is 0.356 e. The fraction of sp³-hybridized carbons (Fsp3) is 0.429. The Kier molecular flexibility index (Phi) is 5.99. The lowest BCUT2D eigenvalue weighted by Gasteiger charge is -2.18. The number of fused-ring (bicyclic) bond motifs is 1. The molecule has 0 aliphatic carbocycles. The van der Waals surface area contributed by atoms with Gasteiger partial charge >= 0.3 is 0 Å². The zero-order chi connectivity index (χ0) is 20.2. The molecule has 0 atom stereocenters. The van der Waals surface area contributed by atoms with Crippen LogP contribution in [-0.4, -0.2) is 50.5 Å². The number of nitrogens with zero attached hydrogens (tertiary/aromatic N) is 5. The van der Waals surface area contributed by atoms with Gasteiger partial charge < -0.3 is 10.2 Å². The predicted octanol–water partition coefficient (Wildman–Crippen LogP) is 3.36. The normalized spacial score (nSPS) is 14.1. The molecular weight excluding hydrogens is 384 g/mol. The number of benzene rings is 1. The molecule has 1 aromatic carbocycles. The molecule has 0 unspecified atom stereocenters. The number of hydrogen-bond donors (Lipinski definition) is 1. The Morgan fingerprint density at radius 3 is 2.66 bits per heavy atom. The summed E-state index contributed by atoms with van der Waals surface area (Å²) in [6.07, 6.45) is 4.24. The Bertz CT molecular complexity index is 982. The lowest BCUT2D eigenvalue weighted by atomic mass is 10.2. The van der Waals surface area contributed by atoms with Gasteiger partial charge in [-0.1, -0.05) is 43.8 Å². The quantitative estimate of drug-likeness (QED) is 0.475. The van der Waals surface area contributed by atoms with E-state index in [-0.39, 0.29) is 5.91 Å². The van der Waals surface area contributed by atoms with Gasteiger partial charge in [-0.25, -0.2) is 14.6 Å². The van der Waals surface area contributed by atoms with E-state index >= 15 is 0 Å². The molecule has 7 nitrogen and oxygen atoms in total. The van der Waals surface area contributed by atoms with Crippen LogP contribution in [0.4, 0.5) is 5.82 Å². The zero-order valence-corrected chi connectivity index (χ0v) is 17.7. The third-order valence-corrected chi connectivity index (χ3v) is 5.71. The van der Waals surface area contributed by atoms with Crippen molar-refractivity contribution in [2.24, 2.45) is 0 Å². The highest BCUT2D eigenvalue weighted by Gasteiger charge is 2.21. The van der Waals surface area contributed by atoms with Crippen molar-refractivity contribution in [2.75, 3.05) is 24.5 Å². The van der Waals surface area contributed by atoms with Crippen LogP contribution in [0.2, 0.25) is 0 Å². The van der Waals surface area contributed by atoms with Crippen LogP contribution >= 0.6 is 11.8 Å². The lowest BCUT2D eigenvalue weighted by Crippen LogP contribution is -2.27. The van der Waals surface area contributed by atoms with Crippen LogP contribution in [0.15, 0.2) is 41.7 Å². The first-order valence-electron chi connectivity index (χ1n) is 10.1. The molecule has 4 rings (SSSR count). The van der Waals surface area contributed by atoms with E-state index in [2.05, 4.69) is 29.2 Å². The predicted molar refractivity (Wildman–Crippen MR) is 117 cm³/mol. The first-order chi connectivity index (χ1) is 14.1. The lowest BCUT2D eigenvalue weighted by molar-refractivity contribution is 0.0952. The number of thioether (sulfide) groups is 1. The van der Waals surface area contributed by atoms with Crippen molar-refractivity contribution < 1.29 is 4.79 Å². The molecular formula is C21H26N6OS. The average Bonchev–Trinajstić information content (AvgIpc) is 3.38. The van der Waals surface area contributed by atoms with E-state index in [4.69, 9.17) is 9.97 Å². The van der Waals surface area contributed by atoms with E-state index < -0.39 is 0 Å². The average molecular weight is 411 g/mol. The second-order valence-electron chi connectivity index (χ2n) is 7.42. The SMILES string of the molecule is CC(C)Sc1nc(N2CCCC2)c2cnn(CCNC(=O)c3ccccc3)c2n1. The standard InChI is InChI=1S/C21H26N6OS/c1-15(2)29-21-24-18(26-11-6-7-12-26)17-14-23-27(19(17)25-21)13-10-22-20(28)16-8-4-3-5-9-16/h3-5,8-9,14-15H,6-7,10-13H2,1-2H3,(H,22,28). The zero-order valence-electron chi connectivity index (χ0n) is 16.8. The van der Waals surface area contributed by atoms with Crippen molar-refractivity contribution >= 4 is 34.5 Å². The van der Waals surface area contributed by atoms with Gasteiger partial charge in [0.15, 0.2) is 10.8 Å². The fourth-order valence-corrected chi connectivity index (χ4v) is 4.19. The van der Waals surface area contributed by atoms with Gasteiger partial charge in [-0.3, -0.25) is 4.79 Å². The van der Waals surface area contributed by atoms with Gasteiger partial charge in [0, 0.05) is 30.4 Å². The summed E-state index contributed by atoms with van der Waals surface area (Å²) in [5, 5.41) is 9.67. The molecule has 0 saturated carbocycles. The summed E-state index contributed by atoms with van der Waals surface area (Å²) in [5.41, 5.74) is 1.49. The third kappa shape index (κ3) is 4.53. The van der Waals surface area contributed by atoms with Crippen molar-refractivity contribution in [3.8, 4) is 0 Å². The summed E-state index contributed by atoms with van der Waals surface area (Å²) in [5.74, 6) is 0.903. The molecule has 0 radical (unpaired) electrons. The monoisotopic (exact) mass is 410 g/mol. The molecule has 152 valence electrons. The maximum atomic E-state index is 12.3. The fourth-order valence-electron chi connectivity index (χ4n) is 3.49. The van der Waals surface area contributed by atoms with Crippen molar-refractivity contribution in [1.29, 1.82) is 0 Å². The Morgan fingerprint density at radius 1 is 1.17 bits per heavy atom. The van der Waals surface area contributed by atoms with Crippen LogP contribution < -0.4 is 10.2 Å². The summed E-state index contributed by atoms with van der Waals surface area (Å²) in [6.45, 7) is 7.38. The molecule has 1 fully saturated rings. The number of carbonyl (C=O) groups is 1. The van der Waals surface area contributed by atoms with E-state index in [0.29, 0.717) is 23.9 Å². The summed E-state index contributed by atoms with van der Waals surface area (Å²) >= 11 is 1.66. The van der Waals surface area contributed by atoms with Gasteiger partial charge in [0.25, 0.3) is 5.91 Å². The van der Waals surface area contributed by atoms with Crippen LogP contribution in [0.25, 0.3) is 11.0 Å². The van der Waals surface area contributed by atoms with Crippen LogP contribution in [0.5, 0.6) is 0 Å². The molecule has 29 heavy (non-hydrogen) atoms. The molecule has 8 heteroatoms. The molecule has 1 aliphatic heterocycles. The van der Waals surface area contributed by atoms with Crippen molar-refractivity contribution in [3.63, 3.8) is 0 Å².